The minimum Gasteiger partial charge on any atom is -0.459 e. The van der Waals surface area contributed by atoms with Crippen molar-refractivity contribution < 1.29 is 19.1 Å². The van der Waals surface area contributed by atoms with Gasteiger partial charge in [-0.05, 0) is 103 Å². The number of amides is 1. The second-order valence-corrected chi connectivity index (χ2v) is 11.2. The number of nitrogens with one attached hydrogen (secondary N) is 1. The van der Waals surface area contributed by atoms with Crippen LogP contribution in [0.3, 0.4) is 0 Å². The van der Waals surface area contributed by atoms with Crippen LogP contribution in [0, 0.1) is 11.3 Å². The largest absolute Gasteiger partial charge is 0.459 e. The van der Waals surface area contributed by atoms with Crippen LogP contribution < -0.4 is 5.32 Å². The Morgan fingerprint density at radius 2 is 1.82 bits per heavy atom. The summed E-state index contributed by atoms with van der Waals surface area (Å²) < 4.78 is 11.3. The number of hydrogen-bond donors (Lipinski definition) is 1. The molecule has 184 valence electrons. The minimum atomic E-state index is -0.390. The first-order valence-electron chi connectivity index (χ1n) is 12.7. The number of esters is 1. The smallest absolute Gasteiger partial charge is 0.303 e. The van der Waals surface area contributed by atoms with E-state index >= 15 is 0 Å². The molecule has 1 N–H and O–H groups in total. The van der Waals surface area contributed by atoms with E-state index in [0.29, 0.717) is 11.3 Å². The number of hydrogen-bond acceptors (Lipinski definition) is 4. The fraction of sp³-hybridized carbons (Fsp3) is 0.714. The van der Waals surface area contributed by atoms with Crippen molar-refractivity contribution in [2.24, 2.45) is 11.3 Å². The number of ether oxygens (including phenoxy) is 2. The average molecular weight is 458 g/mol. The van der Waals surface area contributed by atoms with Gasteiger partial charge >= 0.3 is 5.97 Å². The van der Waals surface area contributed by atoms with Gasteiger partial charge in [-0.3, -0.25) is 9.59 Å². The van der Waals surface area contributed by atoms with Crippen molar-refractivity contribution in [2.75, 3.05) is 0 Å². The van der Waals surface area contributed by atoms with Gasteiger partial charge in [-0.15, -0.1) is 0 Å². The maximum Gasteiger partial charge on any atom is 0.303 e. The third-order valence-corrected chi connectivity index (χ3v) is 7.27. The zero-order chi connectivity index (χ0) is 24.1. The van der Waals surface area contributed by atoms with Crippen LogP contribution >= 0.6 is 0 Å². The van der Waals surface area contributed by atoms with Gasteiger partial charge in [0.25, 0.3) is 0 Å². The van der Waals surface area contributed by atoms with Crippen LogP contribution in [0.1, 0.15) is 92.4 Å². The zero-order valence-electron chi connectivity index (χ0n) is 21.2. The van der Waals surface area contributed by atoms with Crippen molar-refractivity contribution in [3.8, 4) is 0 Å². The molecule has 2 aliphatic carbocycles. The maximum absolute atomic E-state index is 12.1. The van der Waals surface area contributed by atoms with Gasteiger partial charge in [0, 0.05) is 19.0 Å². The molecule has 0 aromatic carbocycles. The number of carbonyl (C=O) groups excluding carboxylic acids is 2. The van der Waals surface area contributed by atoms with Crippen LogP contribution in [-0.2, 0) is 19.1 Å². The summed E-state index contributed by atoms with van der Waals surface area (Å²) in [5, 5.41) is 3.08. The third-order valence-electron chi connectivity index (χ3n) is 7.27. The summed E-state index contributed by atoms with van der Waals surface area (Å²) in [6, 6.07) is 0.231. The molecule has 0 aromatic rings. The second kappa shape index (κ2) is 11.0. The fourth-order valence-electron chi connectivity index (χ4n) is 5.56. The van der Waals surface area contributed by atoms with E-state index in [2.05, 4.69) is 44.3 Å². The summed E-state index contributed by atoms with van der Waals surface area (Å²) in [4.78, 5) is 23.0. The predicted molar refractivity (Wildman–Crippen MR) is 132 cm³/mol. The average Bonchev–Trinajstić information content (AvgIpc) is 3.46. The molecular weight excluding hydrogens is 414 g/mol. The molecular formula is C28H43NO4. The van der Waals surface area contributed by atoms with Crippen molar-refractivity contribution in [1.29, 1.82) is 0 Å². The summed E-state index contributed by atoms with van der Waals surface area (Å²) in [6.07, 6.45) is 20.3. The topological polar surface area (TPSA) is 64.6 Å². The Morgan fingerprint density at radius 1 is 1.12 bits per heavy atom. The van der Waals surface area contributed by atoms with Crippen LogP contribution in [0.25, 0.3) is 0 Å². The van der Waals surface area contributed by atoms with Gasteiger partial charge in [-0.25, -0.2) is 0 Å². The first-order chi connectivity index (χ1) is 15.5. The highest BCUT2D eigenvalue weighted by Gasteiger charge is 2.51. The van der Waals surface area contributed by atoms with Crippen LogP contribution in [0.5, 0.6) is 0 Å². The van der Waals surface area contributed by atoms with Gasteiger partial charge < -0.3 is 14.8 Å². The monoisotopic (exact) mass is 457 g/mol. The molecule has 1 heterocycles. The normalized spacial score (nSPS) is 29.8. The van der Waals surface area contributed by atoms with E-state index in [9.17, 15) is 9.59 Å². The Hall–Kier alpha value is -1.88. The molecule has 3 rings (SSSR count). The molecule has 0 unspecified atom stereocenters. The highest BCUT2D eigenvalue weighted by molar-refractivity contribution is 5.87. The molecule has 0 bridgehead atoms. The lowest BCUT2D eigenvalue weighted by molar-refractivity contribution is -0.143. The Kier molecular flexibility index (Phi) is 8.60. The molecule has 1 amide bonds. The summed E-state index contributed by atoms with van der Waals surface area (Å²) in [5.74, 6) is 0.226. The number of rotatable bonds is 8. The second-order valence-electron chi connectivity index (χ2n) is 11.2. The lowest BCUT2D eigenvalue weighted by atomic mass is 9.82. The SMILES string of the molecule is CC(=O)O[C@@H](C)/C=C\C(=O)NC1CCC(C/C=C(C)/C=C/[C@@H]2CC3(CC3)CC(C)(C)O2)CC1. The molecule has 3 fully saturated rings. The first-order valence-corrected chi connectivity index (χ1v) is 12.7. The summed E-state index contributed by atoms with van der Waals surface area (Å²) in [5.41, 5.74) is 1.86. The van der Waals surface area contributed by atoms with E-state index in [-0.39, 0.29) is 35.7 Å². The van der Waals surface area contributed by atoms with Crippen molar-refractivity contribution in [2.45, 2.75) is 116 Å². The maximum atomic E-state index is 12.1. The van der Waals surface area contributed by atoms with Gasteiger partial charge in [0.15, 0.2) is 0 Å². The fourth-order valence-corrected chi connectivity index (χ4v) is 5.56. The van der Waals surface area contributed by atoms with Crippen LogP contribution in [0.2, 0.25) is 0 Å². The number of carbonyl (C=O) groups is 2. The summed E-state index contributed by atoms with van der Waals surface area (Å²) in [7, 11) is 0. The molecule has 2 atom stereocenters. The van der Waals surface area contributed by atoms with Gasteiger partial charge in [-0.1, -0.05) is 23.8 Å². The lowest BCUT2D eigenvalue weighted by Gasteiger charge is -2.40. The molecule has 0 aromatic heterocycles. The standard InChI is InChI=1S/C28H43NO4/c1-20(7-14-25-18-28(16-17-28)19-27(4,5)33-25)6-9-23-10-12-24(13-11-23)29-26(31)15-8-21(2)32-22(3)30/h6-8,14-15,21,23-25H,9-13,16-19H2,1-5H3,(H,29,31)/b14-7+,15-8-,20-6+/t21-,23?,24?,25+/m0/s1. The minimum absolute atomic E-state index is 0.00813. The van der Waals surface area contributed by atoms with Crippen molar-refractivity contribution in [3.63, 3.8) is 0 Å². The van der Waals surface area contributed by atoms with E-state index in [1.165, 1.54) is 44.3 Å². The molecule has 5 nitrogen and oxygen atoms in total. The van der Waals surface area contributed by atoms with E-state index in [1.807, 2.05) is 0 Å². The molecule has 3 aliphatic rings. The molecule has 1 aliphatic heterocycles. The van der Waals surface area contributed by atoms with Gasteiger partial charge in [0.1, 0.15) is 6.10 Å². The van der Waals surface area contributed by atoms with Crippen LogP contribution in [-0.4, -0.2) is 35.7 Å². The van der Waals surface area contributed by atoms with Crippen LogP contribution in [0.4, 0.5) is 0 Å². The van der Waals surface area contributed by atoms with Gasteiger partial charge in [0.05, 0.1) is 11.7 Å². The van der Waals surface area contributed by atoms with Crippen molar-refractivity contribution in [3.05, 3.63) is 36.0 Å². The molecule has 1 saturated heterocycles. The predicted octanol–water partition coefficient (Wildman–Crippen LogP) is 5.80. The number of allylic oxidation sites excluding steroid dienone is 3. The quantitative estimate of drug-likeness (QED) is 0.284. The molecule has 2 saturated carbocycles. The Balaban J connectivity index is 1.36. The Morgan fingerprint density at radius 3 is 2.45 bits per heavy atom. The van der Waals surface area contributed by atoms with Gasteiger partial charge in [-0.2, -0.15) is 0 Å². The first kappa shape index (κ1) is 25.7. The molecule has 5 heteroatoms. The highest BCUT2D eigenvalue weighted by Crippen LogP contribution is 2.58. The van der Waals surface area contributed by atoms with Crippen molar-refractivity contribution >= 4 is 11.9 Å². The summed E-state index contributed by atoms with van der Waals surface area (Å²) >= 11 is 0. The Bertz CT molecular complexity index is 776. The lowest BCUT2D eigenvalue weighted by Crippen LogP contribution is -2.39. The Labute approximate surface area is 200 Å². The van der Waals surface area contributed by atoms with E-state index < -0.39 is 0 Å². The zero-order valence-corrected chi connectivity index (χ0v) is 21.2. The van der Waals surface area contributed by atoms with Crippen molar-refractivity contribution in [1.82, 2.24) is 5.32 Å². The summed E-state index contributed by atoms with van der Waals surface area (Å²) in [6.45, 7) is 9.76. The molecule has 0 radical (unpaired) electrons. The van der Waals surface area contributed by atoms with E-state index in [0.717, 1.165) is 32.1 Å². The molecule has 33 heavy (non-hydrogen) atoms. The van der Waals surface area contributed by atoms with E-state index in [1.54, 1.807) is 13.0 Å². The highest BCUT2D eigenvalue weighted by atomic mass is 16.5. The van der Waals surface area contributed by atoms with E-state index in [4.69, 9.17) is 9.47 Å². The van der Waals surface area contributed by atoms with Crippen LogP contribution in [0.15, 0.2) is 36.0 Å². The third kappa shape index (κ3) is 8.77. The van der Waals surface area contributed by atoms with Gasteiger partial charge in [0.2, 0.25) is 5.91 Å². The molecule has 1 spiro atoms.